The van der Waals surface area contributed by atoms with Gasteiger partial charge in [-0.25, -0.2) is 13.6 Å². The summed E-state index contributed by atoms with van der Waals surface area (Å²) in [5.74, 6) is -0.236. The molecular weight excluding hydrogens is 376 g/mol. The van der Waals surface area contributed by atoms with Crippen LogP contribution in [0, 0.1) is 6.92 Å². The molecule has 0 bridgehead atoms. The van der Waals surface area contributed by atoms with E-state index in [0.717, 1.165) is 16.8 Å². The highest BCUT2D eigenvalue weighted by atomic mass is 32.2. The molecule has 146 valence electrons. The molecule has 0 aliphatic carbocycles. The number of hydrogen-bond donors (Lipinski definition) is 2. The fourth-order valence-corrected chi connectivity index (χ4v) is 3.40. The Hall–Kier alpha value is -2.97. The van der Waals surface area contributed by atoms with Crippen LogP contribution in [-0.2, 0) is 16.6 Å². The number of hydrogen-bond acceptors (Lipinski definition) is 4. The van der Waals surface area contributed by atoms with Crippen molar-refractivity contribution in [1.82, 2.24) is 15.1 Å². The maximum atomic E-state index is 12.7. The quantitative estimate of drug-likeness (QED) is 0.665. The van der Waals surface area contributed by atoms with Crippen molar-refractivity contribution in [3.05, 3.63) is 83.2 Å². The van der Waals surface area contributed by atoms with E-state index in [1.807, 2.05) is 44.2 Å². The first-order valence-corrected chi connectivity index (χ1v) is 10.3. The fraction of sp³-hybridized carbons (Fsp3) is 0.200. The van der Waals surface area contributed by atoms with Gasteiger partial charge in [-0.15, -0.1) is 0 Å². The van der Waals surface area contributed by atoms with Crippen LogP contribution in [0.3, 0.4) is 0 Å². The minimum absolute atomic E-state index is 0.0350. The lowest BCUT2D eigenvalue weighted by Gasteiger charge is -2.14. The van der Waals surface area contributed by atoms with E-state index in [1.54, 1.807) is 23.0 Å². The number of rotatable bonds is 6. The smallest absolute Gasteiger partial charge is 0.255 e. The highest BCUT2D eigenvalue weighted by Gasteiger charge is 2.17. The Balaban J connectivity index is 1.71. The van der Waals surface area contributed by atoms with Crippen molar-refractivity contribution < 1.29 is 13.2 Å². The average Bonchev–Trinajstić information content (AvgIpc) is 3.02. The first-order chi connectivity index (χ1) is 13.3. The van der Waals surface area contributed by atoms with E-state index in [-0.39, 0.29) is 16.8 Å². The van der Waals surface area contributed by atoms with Crippen LogP contribution in [0.5, 0.6) is 0 Å². The van der Waals surface area contributed by atoms with E-state index >= 15 is 0 Å². The number of carbonyl (C=O) groups is 1. The molecule has 28 heavy (non-hydrogen) atoms. The summed E-state index contributed by atoms with van der Waals surface area (Å²) in [6.45, 7) is 4.27. The van der Waals surface area contributed by atoms with Crippen LogP contribution < -0.4 is 10.5 Å². The number of nitrogens with two attached hydrogens (primary N) is 1. The van der Waals surface area contributed by atoms with E-state index < -0.39 is 10.0 Å². The molecule has 1 amide bonds. The van der Waals surface area contributed by atoms with Gasteiger partial charge in [-0.05, 0) is 37.1 Å². The third-order valence-corrected chi connectivity index (χ3v) is 5.51. The molecule has 0 aliphatic rings. The number of carbonyl (C=O) groups excluding carboxylic acids is 1. The Morgan fingerprint density at radius 1 is 1.14 bits per heavy atom. The molecule has 7 nitrogen and oxygen atoms in total. The van der Waals surface area contributed by atoms with Gasteiger partial charge in [0.15, 0.2) is 0 Å². The van der Waals surface area contributed by atoms with Gasteiger partial charge in [0.25, 0.3) is 5.91 Å². The Labute approximate surface area is 164 Å². The molecule has 2 aromatic carbocycles. The molecule has 0 spiro atoms. The molecular formula is C20H22N4O3S. The lowest BCUT2D eigenvalue weighted by Crippen LogP contribution is -2.27. The zero-order chi connectivity index (χ0) is 20.3. The van der Waals surface area contributed by atoms with Crippen molar-refractivity contribution in [3.8, 4) is 0 Å². The second-order valence-corrected chi connectivity index (χ2v) is 8.16. The molecule has 8 heteroatoms. The van der Waals surface area contributed by atoms with Crippen molar-refractivity contribution in [2.45, 2.75) is 31.3 Å². The third kappa shape index (κ3) is 4.47. The highest BCUT2D eigenvalue weighted by Crippen LogP contribution is 2.17. The Kier molecular flexibility index (Phi) is 5.62. The summed E-state index contributed by atoms with van der Waals surface area (Å²) in [4.78, 5) is 12.7. The predicted molar refractivity (Wildman–Crippen MR) is 106 cm³/mol. The predicted octanol–water partition coefficient (Wildman–Crippen LogP) is 2.38. The summed E-state index contributed by atoms with van der Waals surface area (Å²) in [6.07, 6.45) is 1.56. The van der Waals surface area contributed by atoms with Crippen molar-refractivity contribution in [1.29, 1.82) is 0 Å². The maximum absolute atomic E-state index is 12.7. The number of amides is 1. The molecule has 0 aliphatic heterocycles. The molecule has 0 radical (unpaired) electrons. The SMILES string of the molecule is Cc1c(C(=O)NC(C)c2ccc(S(N)(=O)=O)cc2)cnn1Cc1ccccc1. The van der Waals surface area contributed by atoms with Crippen LogP contribution in [0.15, 0.2) is 65.7 Å². The number of nitrogens with one attached hydrogen (secondary N) is 1. The Morgan fingerprint density at radius 2 is 1.79 bits per heavy atom. The van der Waals surface area contributed by atoms with Gasteiger partial charge in [0.05, 0.1) is 29.2 Å². The lowest BCUT2D eigenvalue weighted by molar-refractivity contribution is 0.0939. The second-order valence-electron chi connectivity index (χ2n) is 6.60. The summed E-state index contributed by atoms with van der Waals surface area (Å²) in [5, 5.41) is 12.3. The fourth-order valence-electron chi connectivity index (χ4n) is 2.89. The maximum Gasteiger partial charge on any atom is 0.255 e. The normalized spacial score (nSPS) is 12.5. The molecule has 1 aromatic heterocycles. The molecule has 0 saturated heterocycles. The van der Waals surface area contributed by atoms with Gasteiger partial charge in [-0.1, -0.05) is 42.5 Å². The van der Waals surface area contributed by atoms with Gasteiger partial charge >= 0.3 is 0 Å². The van der Waals surface area contributed by atoms with Crippen molar-refractivity contribution in [3.63, 3.8) is 0 Å². The van der Waals surface area contributed by atoms with Gasteiger partial charge in [-0.2, -0.15) is 5.10 Å². The molecule has 1 atom stereocenters. The molecule has 3 N–H and O–H groups in total. The van der Waals surface area contributed by atoms with Gasteiger partial charge in [0, 0.05) is 5.69 Å². The van der Waals surface area contributed by atoms with Gasteiger partial charge in [0.1, 0.15) is 0 Å². The van der Waals surface area contributed by atoms with Crippen LogP contribution in [0.2, 0.25) is 0 Å². The number of aromatic nitrogens is 2. The molecule has 0 fully saturated rings. The average molecular weight is 398 g/mol. The van der Waals surface area contributed by atoms with Crippen molar-refractivity contribution in [2.24, 2.45) is 5.14 Å². The Bertz CT molecular complexity index is 1070. The van der Waals surface area contributed by atoms with E-state index in [4.69, 9.17) is 5.14 Å². The van der Waals surface area contributed by atoms with Gasteiger partial charge < -0.3 is 5.32 Å². The lowest BCUT2D eigenvalue weighted by atomic mass is 10.1. The number of benzene rings is 2. The summed E-state index contributed by atoms with van der Waals surface area (Å²) in [7, 11) is -3.74. The second kappa shape index (κ2) is 7.95. The summed E-state index contributed by atoms with van der Waals surface area (Å²) in [6, 6.07) is 15.7. The standard InChI is InChI=1S/C20H22N4O3S/c1-14(17-8-10-18(11-9-17)28(21,26)27)23-20(25)19-12-22-24(15(19)2)13-16-6-4-3-5-7-16/h3-12,14H,13H2,1-2H3,(H,23,25)(H2,21,26,27). The zero-order valence-corrected chi connectivity index (χ0v) is 16.5. The number of primary sulfonamides is 1. The van der Waals surface area contributed by atoms with Gasteiger partial charge in [-0.3, -0.25) is 9.48 Å². The van der Waals surface area contributed by atoms with E-state index in [1.165, 1.54) is 12.1 Å². The zero-order valence-electron chi connectivity index (χ0n) is 15.7. The summed E-state index contributed by atoms with van der Waals surface area (Å²) >= 11 is 0. The van der Waals surface area contributed by atoms with Crippen LogP contribution >= 0.6 is 0 Å². The molecule has 0 saturated carbocycles. The van der Waals surface area contributed by atoms with Crippen LogP contribution in [0.25, 0.3) is 0 Å². The first kappa shape index (κ1) is 19.8. The minimum Gasteiger partial charge on any atom is -0.345 e. The molecule has 1 unspecified atom stereocenters. The number of sulfonamides is 1. The van der Waals surface area contributed by atoms with Crippen LogP contribution in [0.1, 0.15) is 40.1 Å². The van der Waals surface area contributed by atoms with Crippen LogP contribution in [0.4, 0.5) is 0 Å². The van der Waals surface area contributed by atoms with E-state index in [0.29, 0.717) is 12.1 Å². The Morgan fingerprint density at radius 3 is 2.39 bits per heavy atom. The first-order valence-electron chi connectivity index (χ1n) is 8.75. The van der Waals surface area contributed by atoms with Crippen molar-refractivity contribution >= 4 is 15.9 Å². The van der Waals surface area contributed by atoms with Gasteiger partial charge in [0.2, 0.25) is 10.0 Å². The highest BCUT2D eigenvalue weighted by molar-refractivity contribution is 7.89. The van der Waals surface area contributed by atoms with E-state index in [2.05, 4.69) is 10.4 Å². The summed E-state index contributed by atoms with van der Waals surface area (Å²) in [5.41, 5.74) is 3.15. The minimum atomic E-state index is -3.74. The largest absolute Gasteiger partial charge is 0.345 e. The topological polar surface area (TPSA) is 107 Å². The third-order valence-electron chi connectivity index (χ3n) is 4.58. The molecule has 3 rings (SSSR count). The van der Waals surface area contributed by atoms with E-state index in [9.17, 15) is 13.2 Å². The molecule has 3 aromatic rings. The molecule has 1 heterocycles. The summed E-state index contributed by atoms with van der Waals surface area (Å²) < 4.78 is 24.5. The van der Waals surface area contributed by atoms with Crippen molar-refractivity contribution in [2.75, 3.05) is 0 Å². The number of nitrogens with zero attached hydrogens (tertiary/aromatic N) is 2. The monoisotopic (exact) mass is 398 g/mol. The van der Waals surface area contributed by atoms with Crippen LogP contribution in [-0.4, -0.2) is 24.1 Å².